The van der Waals surface area contributed by atoms with E-state index in [0.717, 1.165) is 67.5 Å². The summed E-state index contributed by atoms with van der Waals surface area (Å²) in [6.45, 7) is 8.24. The van der Waals surface area contributed by atoms with E-state index in [1.54, 1.807) is 12.4 Å². The maximum Gasteiger partial charge on any atom is 0.153 e. The van der Waals surface area contributed by atoms with Crippen LogP contribution in [0.1, 0.15) is 44.6 Å². The first kappa shape index (κ1) is 20.1. The molecular weight excluding hydrogens is 394 g/mol. The van der Waals surface area contributed by atoms with Gasteiger partial charge < -0.3 is 16.8 Å². The van der Waals surface area contributed by atoms with Gasteiger partial charge >= 0.3 is 0 Å². The largest absolute Gasteiger partial charge is 0.398 e. The molecule has 4 aromatic rings. The molecule has 5 nitrogen and oxygen atoms in total. The zero-order chi connectivity index (χ0) is 22.6. The number of nitrogens with one attached hydrogen (secondary N) is 1. The van der Waals surface area contributed by atoms with Crippen LogP contribution >= 0.6 is 0 Å². The first-order chi connectivity index (χ1) is 15.3. The summed E-state index contributed by atoms with van der Waals surface area (Å²) in [6.07, 6.45) is 3.49. The Bertz CT molecular complexity index is 1220. The first-order valence-electron chi connectivity index (χ1n) is 10.8. The number of para-hydroxylation sites is 1. The summed E-state index contributed by atoms with van der Waals surface area (Å²) in [5, 5.41) is 3.49. The summed E-state index contributed by atoms with van der Waals surface area (Å²) in [5.41, 5.74) is 23.1. The van der Waals surface area contributed by atoms with Crippen LogP contribution in [0.25, 0.3) is 0 Å². The van der Waals surface area contributed by atoms with E-state index < -0.39 is 5.41 Å². The Balaban J connectivity index is 2.01. The molecule has 3 aromatic carbocycles. The van der Waals surface area contributed by atoms with Crippen molar-refractivity contribution in [2.24, 2.45) is 0 Å². The number of aromatic nitrogens is 2. The number of hydrogen-bond donors (Lipinski definition) is 3. The van der Waals surface area contributed by atoms with Crippen molar-refractivity contribution in [3.8, 4) is 0 Å². The Morgan fingerprint density at radius 3 is 1.78 bits per heavy atom. The zero-order valence-electron chi connectivity index (χ0n) is 18.8. The number of fused-ring (bicyclic) bond motifs is 2. The molecule has 0 saturated carbocycles. The van der Waals surface area contributed by atoms with Gasteiger partial charge in [-0.15, -0.1) is 0 Å². The lowest BCUT2D eigenvalue weighted by molar-refractivity contribution is 0.700. The summed E-state index contributed by atoms with van der Waals surface area (Å²) in [7, 11) is 0. The van der Waals surface area contributed by atoms with E-state index in [2.05, 4.69) is 80.5 Å². The molecule has 0 atom stereocenters. The molecule has 5 rings (SSSR count). The average molecular weight is 422 g/mol. The second-order valence-corrected chi connectivity index (χ2v) is 8.72. The van der Waals surface area contributed by atoms with E-state index in [9.17, 15) is 0 Å². The number of aryl methyl sites for hydroxylation is 4. The number of rotatable bonds is 2. The van der Waals surface area contributed by atoms with E-state index in [4.69, 9.17) is 16.5 Å². The van der Waals surface area contributed by atoms with Crippen molar-refractivity contribution < 1.29 is 0 Å². The van der Waals surface area contributed by atoms with Gasteiger partial charge in [0.05, 0.1) is 5.41 Å². The minimum atomic E-state index is -0.669. The molecule has 0 fully saturated rings. The molecule has 5 heteroatoms. The van der Waals surface area contributed by atoms with Crippen molar-refractivity contribution in [3.63, 3.8) is 0 Å². The van der Waals surface area contributed by atoms with Gasteiger partial charge in [-0.2, -0.15) is 0 Å². The highest BCUT2D eigenvalue weighted by Gasteiger charge is 2.46. The first-order valence-corrected chi connectivity index (χ1v) is 10.8. The normalized spacial score (nSPS) is 13.8. The fourth-order valence-electron chi connectivity index (χ4n) is 5.01. The lowest BCUT2D eigenvalue weighted by Gasteiger charge is -2.41. The lowest BCUT2D eigenvalue weighted by atomic mass is 9.64. The third-order valence-electron chi connectivity index (χ3n) is 6.69. The lowest BCUT2D eigenvalue weighted by Crippen LogP contribution is -2.37. The number of anilines is 4. The zero-order valence-corrected chi connectivity index (χ0v) is 18.8. The van der Waals surface area contributed by atoms with E-state index in [0.29, 0.717) is 0 Å². The van der Waals surface area contributed by atoms with Crippen LogP contribution in [0.2, 0.25) is 0 Å². The molecule has 0 bridgehead atoms. The standard InChI is InChI=1S/C27H27N5/c1-15-11-19(12-16(2)23(15)28)27(20-13-17(3)24(29)18(4)14-20)21-7-5-6-8-22(21)32-26-25(27)30-9-10-31-26/h5-14H,28-29H2,1-4H3,(H,31,32). The highest BCUT2D eigenvalue weighted by molar-refractivity contribution is 5.79. The molecule has 0 amide bonds. The number of nitrogens with zero attached hydrogens (tertiary/aromatic N) is 2. The van der Waals surface area contributed by atoms with Crippen LogP contribution in [0.4, 0.5) is 22.9 Å². The molecule has 0 unspecified atom stereocenters. The number of nitrogens with two attached hydrogens (primary N) is 2. The molecule has 160 valence electrons. The minimum absolute atomic E-state index is 0.669. The van der Waals surface area contributed by atoms with Gasteiger partial charge in [0.1, 0.15) is 5.69 Å². The van der Waals surface area contributed by atoms with Gasteiger partial charge in [-0.1, -0.05) is 42.5 Å². The average Bonchev–Trinajstić information content (AvgIpc) is 2.78. The topological polar surface area (TPSA) is 89.8 Å². The van der Waals surface area contributed by atoms with E-state index in [1.807, 2.05) is 6.07 Å². The summed E-state index contributed by atoms with van der Waals surface area (Å²) in [5.74, 6) is 0.755. The molecule has 5 N–H and O–H groups in total. The minimum Gasteiger partial charge on any atom is -0.398 e. The van der Waals surface area contributed by atoms with Gasteiger partial charge in [-0.3, -0.25) is 4.98 Å². The third kappa shape index (κ3) is 2.71. The fourth-order valence-corrected chi connectivity index (χ4v) is 5.01. The smallest absolute Gasteiger partial charge is 0.153 e. The second-order valence-electron chi connectivity index (χ2n) is 8.72. The molecule has 1 aliphatic heterocycles. The summed E-state index contributed by atoms with van der Waals surface area (Å²) in [6, 6.07) is 17.1. The predicted octanol–water partition coefficient (Wildman–Crippen LogP) is 5.31. The van der Waals surface area contributed by atoms with Crippen LogP contribution in [0.5, 0.6) is 0 Å². The monoisotopic (exact) mass is 421 g/mol. The molecule has 0 spiro atoms. The van der Waals surface area contributed by atoms with Gasteiger partial charge in [0, 0.05) is 29.5 Å². The van der Waals surface area contributed by atoms with Crippen molar-refractivity contribution in [3.05, 3.63) is 106 Å². The Morgan fingerprint density at radius 2 is 1.22 bits per heavy atom. The fraction of sp³-hybridized carbons (Fsp3) is 0.185. The van der Waals surface area contributed by atoms with Crippen molar-refractivity contribution in [1.82, 2.24) is 9.97 Å². The summed E-state index contributed by atoms with van der Waals surface area (Å²) in [4.78, 5) is 9.57. The van der Waals surface area contributed by atoms with Crippen LogP contribution < -0.4 is 16.8 Å². The van der Waals surface area contributed by atoms with Crippen molar-refractivity contribution >= 4 is 22.9 Å². The number of nitrogen functional groups attached to an aromatic ring is 2. The van der Waals surface area contributed by atoms with Gasteiger partial charge in [0.2, 0.25) is 0 Å². The molecule has 32 heavy (non-hydrogen) atoms. The third-order valence-corrected chi connectivity index (χ3v) is 6.69. The SMILES string of the molecule is Cc1cc(C2(c3cc(C)c(N)c(C)c3)c3ccccc3Nc3nccnc32)cc(C)c1N. The van der Waals surface area contributed by atoms with Crippen molar-refractivity contribution in [2.75, 3.05) is 16.8 Å². The summed E-state index contributed by atoms with van der Waals surface area (Å²) >= 11 is 0. The molecule has 1 aliphatic rings. The maximum absolute atomic E-state index is 6.36. The van der Waals surface area contributed by atoms with Gasteiger partial charge in [0.25, 0.3) is 0 Å². The second kappa shape index (κ2) is 7.09. The Kier molecular flexibility index (Phi) is 4.45. The van der Waals surface area contributed by atoms with Crippen LogP contribution in [0, 0.1) is 27.7 Å². The quantitative estimate of drug-likeness (QED) is 0.336. The number of benzene rings is 3. The van der Waals surface area contributed by atoms with E-state index in [1.165, 1.54) is 0 Å². The maximum atomic E-state index is 6.36. The van der Waals surface area contributed by atoms with Gasteiger partial charge in [0.15, 0.2) is 5.82 Å². The molecule has 1 aromatic heterocycles. The molecule has 2 heterocycles. The predicted molar refractivity (Wildman–Crippen MR) is 131 cm³/mol. The van der Waals surface area contributed by atoms with Crippen LogP contribution in [-0.4, -0.2) is 9.97 Å². The Morgan fingerprint density at radius 1 is 0.719 bits per heavy atom. The molecule has 0 saturated heterocycles. The van der Waals surface area contributed by atoms with Crippen LogP contribution in [-0.2, 0) is 5.41 Å². The van der Waals surface area contributed by atoms with Crippen LogP contribution in [0.15, 0.2) is 60.9 Å². The van der Waals surface area contributed by atoms with Crippen molar-refractivity contribution in [1.29, 1.82) is 0 Å². The summed E-state index contributed by atoms with van der Waals surface area (Å²) < 4.78 is 0. The highest BCUT2D eigenvalue weighted by Crippen LogP contribution is 2.53. The molecular formula is C27H27N5. The van der Waals surface area contributed by atoms with Gasteiger partial charge in [-0.05, 0) is 72.7 Å². The Labute approximate surface area is 188 Å². The van der Waals surface area contributed by atoms with E-state index >= 15 is 0 Å². The van der Waals surface area contributed by atoms with E-state index in [-0.39, 0.29) is 0 Å². The van der Waals surface area contributed by atoms with Crippen molar-refractivity contribution in [2.45, 2.75) is 33.1 Å². The highest BCUT2D eigenvalue weighted by atomic mass is 15.0. The molecule has 0 aliphatic carbocycles. The molecule has 0 radical (unpaired) electrons. The van der Waals surface area contributed by atoms with Gasteiger partial charge in [-0.25, -0.2) is 4.98 Å². The Hall–Kier alpha value is -3.86. The number of hydrogen-bond acceptors (Lipinski definition) is 5. The van der Waals surface area contributed by atoms with Crippen LogP contribution in [0.3, 0.4) is 0 Å².